The molecule has 1 N–H and O–H groups in total. The minimum Gasteiger partial charge on any atom is -0.435 e. The zero-order chi connectivity index (χ0) is 15.2. The van der Waals surface area contributed by atoms with Crippen molar-refractivity contribution in [2.75, 3.05) is 20.3 Å². The van der Waals surface area contributed by atoms with Crippen molar-refractivity contribution in [2.24, 2.45) is 7.05 Å². The first-order chi connectivity index (χ1) is 10.1. The highest BCUT2D eigenvalue weighted by Gasteiger charge is 2.14. The van der Waals surface area contributed by atoms with Crippen molar-refractivity contribution < 1.29 is 9.47 Å². The van der Waals surface area contributed by atoms with Crippen LogP contribution >= 0.6 is 0 Å². The molecule has 0 saturated carbocycles. The van der Waals surface area contributed by atoms with E-state index in [1.807, 2.05) is 37.7 Å². The van der Waals surface area contributed by atoms with E-state index in [0.29, 0.717) is 19.0 Å². The molecule has 0 aliphatic rings. The van der Waals surface area contributed by atoms with Gasteiger partial charge in [0.25, 0.3) is 0 Å². The van der Waals surface area contributed by atoms with Gasteiger partial charge in [0.05, 0.1) is 12.3 Å². The van der Waals surface area contributed by atoms with Gasteiger partial charge in [0.15, 0.2) is 5.75 Å². The second kappa shape index (κ2) is 7.19. The fraction of sp³-hybridized carbons (Fsp3) is 0.467. The molecule has 2 rings (SSSR count). The maximum Gasteiger partial charge on any atom is 0.223 e. The molecule has 0 aromatic carbocycles. The Morgan fingerprint density at radius 2 is 2.14 bits per heavy atom. The Morgan fingerprint density at radius 3 is 2.81 bits per heavy atom. The molecule has 0 fully saturated rings. The third-order valence-electron chi connectivity index (χ3n) is 3.29. The van der Waals surface area contributed by atoms with Crippen LogP contribution in [0.5, 0.6) is 11.6 Å². The largest absolute Gasteiger partial charge is 0.435 e. The van der Waals surface area contributed by atoms with Gasteiger partial charge >= 0.3 is 0 Å². The Morgan fingerprint density at radius 1 is 1.33 bits per heavy atom. The summed E-state index contributed by atoms with van der Waals surface area (Å²) in [5, 5.41) is 7.65. The van der Waals surface area contributed by atoms with Crippen LogP contribution in [0.2, 0.25) is 0 Å². The van der Waals surface area contributed by atoms with Gasteiger partial charge in [-0.05, 0) is 19.9 Å². The van der Waals surface area contributed by atoms with E-state index in [1.54, 1.807) is 13.3 Å². The number of aromatic nitrogens is 3. The first kappa shape index (κ1) is 15.5. The van der Waals surface area contributed by atoms with Gasteiger partial charge in [0, 0.05) is 39.0 Å². The topological polar surface area (TPSA) is 61.2 Å². The molecular weight excluding hydrogens is 268 g/mol. The molecule has 2 heterocycles. The maximum absolute atomic E-state index is 5.98. The van der Waals surface area contributed by atoms with Crippen LogP contribution in [0.25, 0.3) is 0 Å². The minimum absolute atomic E-state index is 0.613. The lowest BCUT2D eigenvalue weighted by atomic mass is 10.2. The number of pyridine rings is 1. The minimum atomic E-state index is 0.613. The Hall–Kier alpha value is -1.92. The molecule has 0 unspecified atom stereocenters. The number of ether oxygens (including phenoxy) is 2. The predicted octanol–water partition coefficient (Wildman–Crippen LogP) is 1.96. The molecule has 0 atom stereocenters. The molecule has 0 aliphatic heterocycles. The first-order valence-electron chi connectivity index (χ1n) is 6.95. The van der Waals surface area contributed by atoms with Crippen LogP contribution in [0, 0.1) is 13.8 Å². The smallest absolute Gasteiger partial charge is 0.223 e. The van der Waals surface area contributed by atoms with E-state index >= 15 is 0 Å². The zero-order valence-electron chi connectivity index (χ0n) is 13.0. The van der Waals surface area contributed by atoms with Gasteiger partial charge in [-0.15, -0.1) is 0 Å². The Labute approximate surface area is 125 Å². The van der Waals surface area contributed by atoms with Crippen molar-refractivity contribution in [2.45, 2.75) is 20.4 Å². The average molecular weight is 290 g/mol. The number of rotatable bonds is 7. The highest BCUT2D eigenvalue weighted by atomic mass is 16.5. The lowest BCUT2D eigenvalue weighted by Crippen LogP contribution is -2.19. The van der Waals surface area contributed by atoms with Crippen molar-refractivity contribution in [3.63, 3.8) is 0 Å². The van der Waals surface area contributed by atoms with Crippen LogP contribution in [-0.2, 0) is 18.3 Å². The fourth-order valence-electron chi connectivity index (χ4n) is 2.05. The van der Waals surface area contributed by atoms with E-state index in [-0.39, 0.29) is 0 Å². The van der Waals surface area contributed by atoms with Gasteiger partial charge in [0.2, 0.25) is 5.88 Å². The van der Waals surface area contributed by atoms with Crippen molar-refractivity contribution in [1.29, 1.82) is 0 Å². The Bertz CT molecular complexity index is 595. The molecule has 0 amide bonds. The van der Waals surface area contributed by atoms with Crippen LogP contribution < -0.4 is 10.1 Å². The fourth-order valence-corrected chi connectivity index (χ4v) is 2.05. The van der Waals surface area contributed by atoms with Gasteiger partial charge in [-0.2, -0.15) is 5.10 Å². The highest BCUT2D eigenvalue weighted by Crippen LogP contribution is 2.28. The van der Waals surface area contributed by atoms with Crippen LogP contribution in [0.3, 0.4) is 0 Å². The molecule has 0 saturated heterocycles. The summed E-state index contributed by atoms with van der Waals surface area (Å²) >= 11 is 0. The normalized spacial score (nSPS) is 10.9. The summed E-state index contributed by atoms with van der Waals surface area (Å²) in [5.74, 6) is 1.39. The Balaban J connectivity index is 2.12. The molecule has 0 bridgehead atoms. The van der Waals surface area contributed by atoms with E-state index in [1.165, 1.54) is 0 Å². The molecule has 114 valence electrons. The molecule has 21 heavy (non-hydrogen) atoms. The van der Waals surface area contributed by atoms with Gasteiger partial charge in [-0.25, -0.2) is 4.98 Å². The van der Waals surface area contributed by atoms with Gasteiger partial charge in [-0.3, -0.25) is 4.68 Å². The molecule has 2 aromatic heterocycles. The number of nitrogens with one attached hydrogen (secondary N) is 1. The van der Waals surface area contributed by atoms with E-state index in [9.17, 15) is 0 Å². The second-order valence-corrected chi connectivity index (χ2v) is 4.86. The molecule has 0 aliphatic carbocycles. The van der Waals surface area contributed by atoms with Crippen molar-refractivity contribution in [3.05, 3.63) is 35.3 Å². The standard InChI is InChI=1S/C15H22N4O2/c1-11-14(12(2)19(3)18-11)21-15-13(6-5-7-17-15)10-16-8-9-20-4/h5-7,16H,8-10H2,1-4H3. The third-order valence-corrected chi connectivity index (χ3v) is 3.29. The number of nitrogens with zero attached hydrogens (tertiary/aromatic N) is 3. The van der Waals surface area contributed by atoms with Gasteiger partial charge < -0.3 is 14.8 Å². The molecule has 0 spiro atoms. The summed E-state index contributed by atoms with van der Waals surface area (Å²) in [6, 6.07) is 3.91. The number of aryl methyl sites for hydroxylation is 2. The summed E-state index contributed by atoms with van der Waals surface area (Å²) < 4.78 is 12.8. The summed E-state index contributed by atoms with van der Waals surface area (Å²) in [5.41, 5.74) is 2.85. The van der Waals surface area contributed by atoms with Crippen LogP contribution in [0.4, 0.5) is 0 Å². The highest BCUT2D eigenvalue weighted by molar-refractivity contribution is 5.37. The first-order valence-corrected chi connectivity index (χ1v) is 6.95. The summed E-state index contributed by atoms with van der Waals surface area (Å²) in [6.45, 7) is 6.06. The van der Waals surface area contributed by atoms with Crippen molar-refractivity contribution >= 4 is 0 Å². The molecule has 0 radical (unpaired) electrons. The summed E-state index contributed by atoms with van der Waals surface area (Å²) in [7, 11) is 3.59. The number of methoxy groups -OCH3 is 1. The summed E-state index contributed by atoms with van der Waals surface area (Å²) in [6.07, 6.45) is 1.73. The number of hydrogen-bond donors (Lipinski definition) is 1. The zero-order valence-corrected chi connectivity index (χ0v) is 13.0. The molecule has 2 aromatic rings. The van der Waals surface area contributed by atoms with Gasteiger partial charge in [0.1, 0.15) is 5.69 Å². The molecular formula is C15H22N4O2. The van der Waals surface area contributed by atoms with E-state index in [4.69, 9.17) is 9.47 Å². The third kappa shape index (κ3) is 3.80. The predicted molar refractivity (Wildman–Crippen MR) is 80.6 cm³/mol. The Kier molecular flexibility index (Phi) is 5.30. The SMILES string of the molecule is COCCNCc1cccnc1Oc1c(C)nn(C)c1C. The average Bonchev–Trinajstić information content (AvgIpc) is 2.71. The van der Waals surface area contributed by atoms with Crippen LogP contribution in [0.15, 0.2) is 18.3 Å². The maximum atomic E-state index is 5.98. The van der Waals surface area contributed by atoms with Crippen molar-refractivity contribution in [1.82, 2.24) is 20.1 Å². The lowest BCUT2D eigenvalue weighted by molar-refractivity contribution is 0.199. The second-order valence-electron chi connectivity index (χ2n) is 4.86. The lowest BCUT2D eigenvalue weighted by Gasteiger charge is -2.11. The molecule has 6 heteroatoms. The summed E-state index contributed by atoms with van der Waals surface area (Å²) in [4.78, 5) is 4.33. The molecule has 6 nitrogen and oxygen atoms in total. The quantitative estimate of drug-likeness (QED) is 0.790. The van der Waals surface area contributed by atoms with Crippen LogP contribution in [-0.4, -0.2) is 35.0 Å². The van der Waals surface area contributed by atoms with Crippen molar-refractivity contribution in [3.8, 4) is 11.6 Å². The van der Waals surface area contributed by atoms with Crippen LogP contribution in [0.1, 0.15) is 17.0 Å². The van der Waals surface area contributed by atoms with E-state index in [0.717, 1.165) is 29.2 Å². The number of hydrogen-bond acceptors (Lipinski definition) is 5. The monoisotopic (exact) mass is 290 g/mol. The van der Waals surface area contributed by atoms with Gasteiger partial charge in [-0.1, -0.05) is 6.07 Å². The van der Waals surface area contributed by atoms with E-state index < -0.39 is 0 Å². The van der Waals surface area contributed by atoms with E-state index in [2.05, 4.69) is 15.4 Å².